The van der Waals surface area contributed by atoms with Gasteiger partial charge in [0.2, 0.25) is 5.75 Å². The molecule has 0 unspecified atom stereocenters. The summed E-state index contributed by atoms with van der Waals surface area (Å²) < 4.78 is 13.9. The van der Waals surface area contributed by atoms with Crippen LogP contribution in [0.1, 0.15) is 92.9 Å². The third kappa shape index (κ3) is 10.4. The molecule has 1 heterocycles. The molecule has 38 heavy (non-hydrogen) atoms. The van der Waals surface area contributed by atoms with Gasteiger partial charge in [-0.05, 0) is 84.2 Å². The van der Waals surface area contributed by atoms with Crippen LogP contribution in [0.4, 0.5) is 5.69 Å². The van der Waals surface area contributed by atoms with Gasteiger partial charge in [0.15, 0.2) is 5.75 Å². The molecule has 1 aromatic heterocycles. The number of rotatable bonds is 17. The Labute approximate surface area is 230 Å². The zero-order valence-corrected chi connectivity index (χ0v) is 24.9. The van der Waals surface area contributed by atoms with Crippen molar-refractivity contribution in [3.05, 3.63) is 63.5 Å². The Kier molecular flexibility index (Phi) is 13.8. The highest BCUT2D eigenvalue weighted by molar-refractivity contribution is 5.90. The second-order valence-corrected chi connectivity index (χ2v) is 10.7. The molecule has 5 nitrogen and oxygen atoms in total. The monoisotopic (exact) mass is 522 g/mol. The summed E-state index contributed by atoms with van der Waals surface area (Å²) in [5.74, 6) is 0.780. The first-order valence-electron chi connectivity index (χ1n) is 14.3. The van der Waals surface area contributed by atoms with Crippen molar-refractivity contribution in [3.63, 3.8) is 0 Å². The summed E-state index contributed by atoms with van der Waals surface area (Å²) in [6, 6.07) is 6.14. The van der Waals surface area contributed by atoms with Crippen LogP contribution in [0, 0.1) is 0 Å². The van der Waals surface area contributed by atoms with Crippen molar-refractivity contribution in [2.24, 2.45) is 7.05 Å². The van der Waals surface area contributed by atoms with E-state index in [1.165, 1.54) is 43.3 Å². The zero-order chi connectivity index (χ0) is 27.9. The Morgan fingerprint density at radius 3 is 2.24 bits per heavy atom. The summed E-state index contributed by atoms with van der Waals surface area (Å²) in [5, 5.41) is 4.40. The van der Waals surface area contributed by atoms with Gasteiger partial charge in [-0.1, -0.05) is 61.8 Å². The van der Waals surface area contributed by atoms with Gasteiger partial charge in [-0.15, -0.1) is 0 Å². The fourth-order valence-corrected chi connectivity index (χ4v) is 4.25. The number of hydrogen-bond donors (Lipinski definition) is 1. The van der Waals surface area contributed by atoms with Crippen LogP contribution in [-0.4, -0.2) is 24.3 Å². The molecule has 0 saturated carbocycles. The Balaban J connectivity index is 2.25. The molecule has 5 heteroatoms. The van der Waals surface area contributed by atoms with Gasteiger partial charge in [-0.25, -0.2) is 0 Å². The third-order valence-electron chi connectivity index (χ3n) is 6.64. The maximum Gasteiger partial charge on any atom is 0.297 e. The lowest BCUT2D eigenvalue weighted by molar-refractivity contribution is 0.305. The zero-order valence-electron chi connectivity index (χ0n) is 24.9. The van der Waals surface area contributed by atoms with Crippen molar-refractivity contribution in [2.45, 2.75) is 92.9 Å². The second-order valence-electron chi connectivity index (χ2n) is 10.7. The number of pyridine rings is 1. The quantitative estimate of drug-likeness (QED) is 0.167. The second kappa shape index (κ2) is 16.8. The van der Waals surface area contributed by atoms with Gasteiger partial charge in [0.1, 0.15) is 13.2 Å². The number of aryl methyl sites for hydroxylation is 1. The average molecular weight is 523 g/mol. The molecule has 0 aliphatic rings. The largest absolute Gasteiger partial charge is 0.485 e. The van der Waals surface area contributed by atoms with E-state index in [1.807, 2.05) is 32.1 Å². The highest BCUT2D eigenvalue weighted by atomic mass is 16.5. The molecule has 0 spiro atoms. The number of allylic oxidation sites excluding steroid dienone is 4. The SMILES string of the molecule is CCCCCCCCNc1ccc2c(OCC=C(C)C)c(OC/C=C(\C)CCC=C(C)C)c(=O)n(C)c2c1. The summed E-state index contributed by atoms with van der Waals surface area (Å²) in [4.78, 5) is 13.4. The molecule has 1 N–H and O–H groups in total. The van der Waals surface area contributed by atoms with Crippen molar-refractivity contribution < 1.29 is 9.47 Å². The molecule has 0 saturated heterocycles. The van der Waals surface area contributed by atoms with Crippen LogP contribution in [0.5, 0.6) is 11.5 Å². The predicted molar refractivity (Wildman–Crippen MR) is 164 cm³/mol. The molecule has 0 bridgehead atoms. The van der Waals surface area contributed by atoms with Crippen molar-refractivity contribution >= 4 is 16.6 Å². The first-order chi connectivity index (χ1) is 18.2. The van der Waals surface area contributed by atoms with Crippen LogP contribution >= 0.6 is 0 Å². The first kappa shape index (κ1) is 31.3. The van der Waals surface area contributed by atoms with E-state index in [1.54, 1.807) is 11.6 Å². The third-order valence-corrected chi connectivity index (χ3v) is 6.64. The number of ether oxygens (including phenoxy) is 2. The van der Waals surface area contributed by atoms with E-state index in [0.29, 0.717) is 19.0 Å². The molecule has 0 radical (unpaired) electrons. The normalized spacial score (nSPS) is 11.4. The molecule has 2 aromatic rings. The minimum atomic E-state index is -0.187. The number of nitrogens with zero attached hydrogens (tertiary/aromatic N) is 1. The molecule has 210 valence electrons. The lowest BCUT2D eigenvalue weighted by Crippen LogP contribution is -2.21. The van der Waals surface area contributed by atoms with Gasteiger partial charge in [0.25, 0.3) is 5.56 Å². The molecule has 0 amide bonds. The maximum atomic E-state index is 13.4. The van der Waals surface area contributed by atoms with E-state index in [-0.39, 0.29) is 11.3 Å². The number of unbranched alkanes of at least 4 members (excludes halogenated alkanes) is 5. The van der Waals surface area contributed by atoms with E-state index >= 15 is 0 Å². The molecule has 1 aromatic carbocycles. The van der Waals surface area contributed by atoms with E-state index < -0.39 is 0 Å². The van der Waals surface area contributed by atoms with Gasteiger partial charge < -0.3 is 19.4 Å². The lowest BCUT2D eigenvalue weighted by Gasteiger charge is -2.17. The lowest BCUT2D eigenvalue weighted by atomic mass is 10.1. The summed E-state index contributed by atoms with van der Waals surface area (Å²) in [6.07, 6.45) is 15.9. The van der Waals surface area contributed by atoms with Crippen molar-refractivity contribution in [1.82, 2.24) is 4.57 Å². The molecule has 0 aliphatic heterocycles. The standard InChI is InChI=1S/C33H50N2O3/c1-8-9-10-11-12-13-21-34-28-17-18-29-30(24-28)35(7)33(36)32(31(29)37-22-19-26(4)5)38-23-20-27(6)16-14-15-25(2)3/h15,17-20,24,34H,8-14,16,21-23H2,1-7H3/b27-20+. The number of benzene rings is 1. The van der Waals surface area contributed by atoms with E-state index in [4.69, 9.17) is 9.47 Å². The van der Waals surface area contributed by atoms with Gasteiger partial charge >= 0.3 is 0 Å². The van der Waals surface area contributed by atoms with Crippen LogP contribution in [0.3, 0.4) is 0 Å². The van der Waals surface area contributed by atoms with Crippen LogP contribution in [0.25, 0.3) is 10.9 Å². The van der Waals surface area contributed by atoms with E-state index in [0.717, 1.165) is 48.0 Å². The summed E-state index contributed by atoms with van der Waals surface area (Å²) in [5.41, 5.74) is 5.39. The number of nitrogens with one attached hydrogen (secondary N) is 1. The molecule has 0 aliphatic carbocycles. The van der Waals surface area contributed by atoms with Gasteiger partial charge in [0.05, 0.1) is 5.52 Å². The molecule has 0 atom stereocenters. The van der Waals surface area contributed by atoms with Crippen LogP contribution < -0.4 is 20.3 Å². The van der Waals surface area contributed by atoms with Crippen molar-refractivity contribution in [3.8, 4) is 11.5 Å². The highest BCUT2D eigenvalue weighted by Gasteiger charge is 2.18. The van der Waals surface area contributed by atoms with Crippen LogP contribution in [0.2, 0.25) is 0 Å². The fourth-order valence-electron chi connectivity index (χ4n) is 4.25. The first-order valence-corrected chi connectivity index (χ1v) is 14.3. The topological polar surface area (TPSA) is 52.5 Å². The number of anilines is 1. The Bertz CT molecular complexity index is 1160. The predicted octanol–water partition coefficient (Wildman–Crippen LogP) is 8.73. The van der Waals surface area contributed by atoms with Crippen LogP contribution in [0.15, 0.2) is 57.9 Å². The number of hydrogen-bond acceptors (Lipinski definition) is 4. The maximum absolute atomic E-state index is 13.4. The Morgan fingerprint density at radius 1 is 0.868 bits per heavy atom. The van der Waals surface area contributed by atoms with E-state index in [9.17, 15) is 4.79 Å². The van der Waals surface area contributed by atoms with Gasteiger partial charge in [0, 0.05) is 24.7 Å². The highest BCUT2D eigenvalue weighted by Crippen LogP contribution is 2.34. The number of fused-ring (bicyclic) bond motifs is 1. The molecular weight excluding hydrogens is 472 g/mol. The van der Waals surface area contributed by atoms with Crippen molar-refractivity contribution in [2.75, 3.05) is 25.1 Å². The smallest absolute Gasteiger partial charge is 0.297 e. The average Bonchev–Trinajstić information content (AvgIpc) is 2.87. The Morgan fingerprint density at radius 2 is 1.53 bits per heavy atom. The molecule has 2 rings (SSSR count). The van der Waals surface area contributed by atoms with Crippen molar-refractivity contribution in [1.29, 1.82) is 0 Å². The molecule has 0 fully saturated rings. The van der Waals surface area contributed by atoms with Gasteiger partial charge in [-0.2, -0.15) is 0 Å². The summed E-state index contributed by atoms with van der Waals surface area (Å²) >= 11 is 0. The summed E-state index contributed by atoms with van der Waals surface area (Å²) in [7, 11) is 1.80. The van der Waals surface area contributed by atoms with Crippen LogP contribution in [-0.2, 0) is 7.05 Å². The minimum Gasteiger partial charge on any atom is -0.485 e. The Hall–Kier alpha value is -2.95. The number of aromatic nitrogens is 1. The van der Waals surface area contributed by atoms with Gasteiger partial charge in [-0.3, -0.25) is 4.79 Å². The fraction of sp³-hybridized carbons (Fsp3) is 0.545. The minimum absolute atomic E-state index is 0.187. The summed E-state index contributed by atoms with van der Waals surface area (Å²) in [6.45, 7) is 14.3. The molecular formula is C33H50N2O3. The van der Waals surface area contributed by atoms with E-state index in [2.05, 4.69) is 51.2 Å².